The molecule has 56 heavy (non-hydrogen) atoms. The molecule has 0 spiro atoms. The third kappa shape index (κ3) is 5.56. The number of amidine groups is 1. The molecule has 0 saturated heterocycles. The highest BCUT2D eigenvalue weighted by atomic mass is 15.0. The lowest BCUT2D eigenvalue weighted by atomic mass is 9.89. The third-order valence-electron chi connectivity index (χ3n) is 11.4. The van der Waals surface area contributed by atoms with Gasteiger partial charge in [0.1, 0.15) is 0 Å². The average Bonchev–Trinajstić information content (AvgIpc) is 3.28. The molecule has 10 aromatic rings. The second kappa shape index (κ2) is 13.3. The van der Waals surface area contributed by atoms with Crippen LogP contribution in [0.5, 0.6) is 0 Å². The van der Waals surface area contributed by atoms with Crippen LogP contribution in [0.3, 0.4) is 0 Å². The Hall–Kier alpha value is -7.23. The van der Waals surface area contributed by atoms with Gasteiger partial charge in [-0.3, -0.25) is 9.98 Å². The molecular formula is C53H35N3. The molecule has 0 fully saturated rings. The molecule has 2 heterocycles. The first kappa shape index (κ1) is 32.2. The van der Waals surface area contributed by atoms with Crippen LogP contribution in [-0.2, 0) is 0 Å². The summed E-state index contributed by atoms with van der Waals surface area (Å²) < 4.78 is 0. The zero-order chi connectivity index (χ0) is 37.0. The van der Waals surface area contributed by atoms with Crippen LogP contribution in [0.1, 0.15) is 29.2 Å². The molecule has 0 bridgehead atoms. The highest BCUT2D eigenvalue weighted by Crippen LogP contribution is 2.38. The number of benzene rings is 9. The molecule has 3 heteroatoms. The highest BCUT2D eigenvalue weighted by Gasteiger charge is 2.24. The van der Waals surface area contributed by atoms with Gasteiger partial charge in [0.25, 0.3) is 0 Å². The quantitative estimate of drug-likeness (QED) is 0.164. The second-order valence-corrected chi connectivity index (χ2v) is 14.7. The molecule has 3 nitrogen and oxygen atoms in total. The molecule has 11 rings (SSSR count). The molecular weight excluding hydrogens is 679 g/mol. The van der Waals surface area contributed by atoms with Crippen LogP contribution < -0.4 is 0 Å². The Morgan fingerprint density at radius 2 is 0.911 bits per heavy atom. The van der Waals surface area contributed by atoms with Crippen LogP contribution in [0.25, 0.3) is 76.2 Å². The maximum absolute atomic E-state index is 5.39. The topological polar surface area (TPSA) is 37.6 Å². The first-order chi connectivity index (χ1) is 27.7. The van der Waals surface area contributed by atoms with Gasteiger partial charge in [-0.05, 0) is 89.6 Å². The fourth-order valence-electron chi connectivity index (χ4n) is 8.59. The Morgan fingerprint density at radius 3 is 1.59 bits per heavy atom. The maximum atomic E-state index is 5.39. The molecule has 1 aromatic heterocycles. The van der Waals surface area contributed by atoms with E-state index in [1.807, 2.05) is 18.3 Å². The molecule has 1 aliphatic rings. The van der Waals surface area contributed by atoms with Gasteiger partial charge in [0.2, 0.25) is 0 Å². The number of para-hydroxylation sites is 1. The predicted octanol–water partition coefficient (Wildman–Crippen LogP) is 13.6. The minimum Gasteiger partial charge on any atom is -0.258 e. The van der Waals surface area contributed by atoms with Crippen molar-refractivity contribution in [3.63, 3.8) is 0 Å². The summed E-state index contributed by atoms with van der Waals surface area (Å²) in [6, 6.07) is 67.5. The fourth-order valence-corrected chi connectivity index (χ4v) is 8.59. The zero-order valence-corrected chi connectivity index (χ0v) is 30.6. The van der Waals surface area contributed by atoms with Crippen molar-refractivity contribution in [2.45, 2.75) is 12.5 Å². The molecule has 0 N–H and O–H groups in total. The lowest BCUT2D eigenvalue weighted by Crippen LogP contribution is -2.17. The highest BCUT2D eigenvalue weighted by molar-refractivity contribution is 6.23. The summed E-state index contributed by atoms with van der Waals surface area (Å²) in [5.41, 5.74) is 10.0. The average molecular weight is 714 g/mol. The monoisotopic (exact) mass is 713 g/mol. The number of fused-ring (bicyclic) bond motifs is 7. The van der Waals surface area contributed by atoms with Crippen molar-refractivity contribution in [2.75, 3.05) is 0 Å². The number of aliphatic imine (C=N–C) groups is 2. The minimum absolute atomic E-state index is 0.102. The largest absolute Gasteiger partial charge is 0.258 e. The summed E-state index contributed by atoms with van der Waals surface area (Å²) >= 11 is 0. The van der Waals surface area contributed by atoms with Gasteiger partial charge in [0.05, 0.1) is 17.3 Å². The summed E-state index contributed by atoms with van der Waals surface area (Å²) in [4.78, 5) is 15.5. The molecule has 1 unspecified atom stereocenters. The molecule has 1 atom stereocenters. The molecule has 0 aliphatic carbocycles. The van der Waals surface area contributed by atoms with Gasteiger partial charge in [-0.1, -0.05) is 164 Å². The summed E-state index contributed by atoms with van der Waals surface area (Å²) in [5.74, 6) is 0.751. The van der Waals surface area contributed by atoms with E-state index in [0.29, 0.717) is 6.42 Å². The first-order valence-electron chi connectivity index (χ1n) is 19.3. The van der Waals surface area contributed by atoms with Crippen LogP contribution in [0, 0.1) is 0 Å². The SMILES string of the molecule is c1ccc2ncc(-c3ccc(C4=NC(c5ccc(-c6cc7ccccc7c7ccccc67)cc5)CC(c5cc6ccccc6c6ccccc56)=N4)cc3)cc2c1. The third-order valence-corrected chi connectivity index (χ3v) is 11.4. The molecule has 1 aliphatic heterocycles. The Kier molecular flexibility index (Phi) is 7.63. The van der Waals surface area contributed by atoms with Crippen molar-refractivity contribution >= 4 is 65.5 Å². The molecule has 0 saturated carbocycles. The summed E-state index contributed by atoms with van der Waals surface area (Å²) in [7, 11) is 0. The zero-order valence-electron chi connectivity index (χ0n) is 30.6. The van der Waals surface area contributed by atoms with E-state index in [1.165, 1.54) is 59.8 Å². The van der Waals surface area contributed by atoms with E-state index < -0.39 is 0 Å². The fraction of sp³-hybridized carbons (Fsp3) is 0.0377. The maximum Gasteiger partial charge on any atom is 0.155 e. The lowest BCUT2D eigenvalue weighted by molar-refractivity contribution is 0.754. The summed E-state index contributed by atoms with van der Waals surface area (Å²) in [5, 5.41) is 11.1. The molecule has 9 aromatic carbocycles. The number of aromatic nitrogens is 1. The van der Waals surface area contributed by atoms with E-state index in [1.54, 1.807) is 0 Å². The van der Waals surface area contributed by atoms with Crippen LogP contribution >= 0.6 is 0 Å². The standard InChI is InChI=1S/C53H35N3/c1-4-14-42-38(11-1)30-48(46-18-8-6-16-44(42)46)35-23-25-36(26-24-35)51-32-52(49-31-39-12-2-5-15-43(39)45-17-7-9-19-47(45)49)56-53(55-51)37-27-21-34(22-28-37)41-29-40-13-3-10-20-50(40)54-33-41/h1-31,33,51H,32H2. The van der Waals surface area contributed by atoms with Gasteiger partial charge < -0.3 is 0 Å². The molecule has 262 valence electrons. The lowest BCUT2D eigenvalue weighted by Gasteiger charge is -2.23. The molecule has 0 radical (unpaired) electrons. The van der Waals surface area contributed by atoms with E-state index in [-0.39, 0.29) is 6.04 Å². The van der Waals surface area contributed by atoms with Gasteiger partial charge in [-0.2, -0.15) is 0 Å². The minimum atomic E-state index is -0.102. The van der Waals surface area contributed by atoms with Crippen LogP contribution in [0.4, 0.5) is 0 Å². The van der Waals surface area contributed by atoms with E-state index in [0.717, 1.165) is 44.7 Å². The van der Waals surface area contributed by atoms with Gasteiger partial charge in [0.15, 0.2) is 5.84 Å². The Morgan fingerprint density at radius 1 is 0.393 bits per heavy atom. The van der Waals surface area contributed by atoms with Crippen molar-refractivity contribution in [2.24, 2.45) is 9.98 Å². The van der Waals surface area contributed by atoms with Crippen molar-refractivity contribution in [3.05, 3.63) is 211 Å². The van der Waals surface area contributed by atoms with Gasteiger partial charge in [-0.15, -0.1) is 0 Å². The van der Waals surface area contributed by atoms with Crippen molar-refractivity contribution in [3.8, 4) is 22.3 Å². The van der Waals surface area contributed by atoms with E-state index in [4.69, 9.17) is 15.0 Å². The Bertz CT molecular complexity index is 3210. The van der Waals surface area contributed by atoms with Crippen LogP contribution in [-0.4, -0.2) is 16.5 Å². The summed E-state index contributed by atoms with van der Waals surface area (Å²) in [6.07, 6.45) is 2.65. The number of hydrogen-bond acceptors (Lipinski definition) is 3. The van der Waals surface area contributed by atoms with E-state index in [9.17, 15) is 0 Å². The van der Waals surface area contributed by atoms with E-state index >= 15 is 0 Å². The summed E-state index contributed by atoms with van der Waals surface area (Å²) in [6.45, 7) is 0. The Labute approximate surface area is 325 Å². The van der Waals surface area contributed by atoms with Gasteiger partial charge in [0, 0.05) is 34.7 Å². The van der Waals surface area contributed by atoms with Gasteiger partial charge >= 0.3 is 0 Å². The smallest absolute Gasteiger partial charge is 0.155 e. The number of pyridine rings is 1. The van der Waals surface area contributed by atoms with Crippen LogP contribution in [0.2, 0.25) is 0 Å². The van der Waals surface area contributed by atoms with Crippen molar-refractivity contribution in [1.82, 2.24) is 4.98 Å². The van der Waals surface area contributed by atoms with Crippen LogP contribution in [0.15, 0.2) is 204 Å². The second-order valence-electron chi connectivity index (χ2n) is 14.7. The van der Waals surface area contributed by atoms with Gasteiger partial charge in [-0.25, -0.2) is 4.99 Å². The number of hydrogen-bond donors (Lipinski definition) is 0. The number of rotatable bonds is 5. The normalized spacial score (nSPS) is 14.4. The molecule has 0 amide bonds. The first-order valence-corrected chi connectivity index (χ1v) is 19.3. The van der Waals surface area contributed by atoms with Crippen molar-refractivity contribution < 1.29 is 0 Å². The van der Waals surface area contributed by atoms with E-state index in [2.05, 4.69) is 176 Å². The van der Waals surface area contributed by atoms with Crippen molar-refractivity contribution in [1.29, 1.82) is 0 Å². The predicted molar refractivity (Wildman–Crippen MR) is 236 cm³/mol. The Balaban J connectivity index is 1.02. The number of nitrogens with zero attached hydrogens (tertiary/aromatic N) is 3.